The molecule has 19 heavy (non-hydrogen) atoms. The SMILES string of the molecule is CNC(Cc1cncc(Br)c1)c1cc(Cl)cc(Br)c1. The first kappa shape index (κ1) is 15.0. The monoisotopic (exact) mass is 402 g/mol. The molecule has 2 aromatic rings. The van der Waals surface area contributed by atoms with Crippen LogP contribution < -0.4 is 5.32 Å². The predicted octanol–water partition coefficient (Wildman–Crippen LogP) is 4.76. The number of benzene rings is 1. The molecule has 1 aromatic carbocycles. The van der Waals surface area contributed by atoms with E-state index >= 15 is 0 Å². The van der Waals surface area contributed by atoms with Gasteiger partial charge in [-0.05, 0) is 64.8 Å². The molecule has 1 heterocycles. The van der Waals surface area contributed by atoms with E-state index in [0.717, 1.165) is 26.0 Å². The van der Waals surface area contributed by atoms with Gasteiger partial charge in [-0.25, -0.2) is 0 Å². The van der Waals surface area contributed by atoms with Crippen molar-refractivity contribution in [1.29, 1.82) is 0 Å². The summed E-state index contributed by atoms with van der Waals surface area (Å²) in [6.45, 7) is 0. The van der Waals surface area contributed by atoms with Gasteiger partial charge >= 0.3 is 0 Å². The maximum absolute atomic E-state index is 6.10. The smallest absolute Gasteiger partial charge is 0.0420 e. The highest BCUT2D eigenvalue weighted by atomic mass is 79.9. The van der Waals surface area contributed by atoms with E-state index < -0.39 is 0 Å². The van der Waals surface area contributed by atoms with E-state index in [9.17, 15) is 0 Å². The summed E-state index contributed by atoms with van der Waals surface area (Å²) in [5.74, 6) is 0. The molecule has 0 spiro atoms. The van der Waals surface area contributed by atoms with Gasteiger partial charge < -0.3 is 5.32 Å². The number of aromatic nitrogens is 1. The molecular formula is C14H13Br2ClN2. The Morgan fingerprint density at radius 3 is 2.58 bits per heavy atom. The summed E-state index contributed by atoms with van der Waals surface area (Å²) >= 11 is 13.0. The fourth-order valence-electron chi connectivity index (χ4n) is 1.97. The zero-order chi connectivity index (χ0) is 13.8. The summed E-state index contributed by atoms with van der Waals surface area (Å²) in [4.78, 5) is 4.19. The lowest BCUT2D eigenvalue weighted by molar-refractivity contribution is 0.590. The number of hydrogen-bond donors (Lipinski definition) is 1. The van der Waals surface area contributed by atoms with Crippen LogP contribution in [0.5, 0.6) is 0 Å². The molecule has 0 aliphatic rings. The van der Waals surface area contributed by atoms with Gasteiger partial charge in [0.1, 0.15) is 0 Å². The molecule has 5 heteroatoms. The van der Waals surface area contributed by atoms with E-state index in [1.807, 2.05) is 25.4 Å². The van der Waals surface area contributed by atoms with Gasteiger partial charge in [-0.2, -0.15) is 0 Å². The zero-order valence-corrected chi connectivity index (χ0v) is 14.3. The number of hydrogen-bond acceptors (Lipinski definition) is 2. The number of nitrogens with one attached hydrogen (secondary N) is 1. The van der Waals surface area contributed by atoms with Gasteiger partial charge in [0, 0.05) is 32.4 Å². The van der Waals surface area contributed by atoms with Crippen molar-refractivity contribution in [2.45, 2.75) is 12.5 Å². The molecule has 1 aromatic heterocycles. The molecule has 1 N–H and O–H groups in total. The third-order valence-electron chi connectivity index (χ3n) is 2.84. The highest BCUT2D eigenvalue weighted by Gasteiger charge is 2.12. The average Bonchev–Trinajstić information content (AvgIpc) is 2.34. The van der Waals surface area contributed by atoms with Crippen LogP contribution in [0, 0.1) is 0 Å². The molecule has 2 rings (SSSR count). The van der Waals surface area contributed by atoms with Crippen LogP contribution in [0.25, 0.3) is 0 Å². The summed E-state index contributed by atoms with van der Waals surface area (Å²) < 4.78 is 1.98. The molecular weight excluding hydrogens is 391 g/mol. The van der Waals surface area contributed by atoms with Crippen molar-refractivity contribution >= 4 is 43.5 Å². The van der Waals surface area contributed by atoms with E-state index in [-0.39, 0.29) is 6.04 Å². The minimum Gasteiger partial charge on any atom is -0.313 e. The van der Waals surface area contributed by atoms with E-state index in [1.54, 1.807) is 6.20 Å². The highest BCUT2D eigenvalue weighted by Crippen LogP contribution is 2.26. The first-order chi connectivity index (χ1) is 9.08. The number of nitrogens with zero attached hydrogens (tertiary/aromatic N) is 1. The molecule has 1 unspecified atom stereocenters. The number of rotatable bonds is 4. The highest BCUT2D eigenvalue weighted by molar-refractivity contribution is 9.10. The largest absolute Gasteiger partial charge is 0.313 e. The second-order valence-corrected chi connectivity index (χ2v) is 6.53. The Morgan fingerprint density at radius 2 is 1.95 bits per heavy atom. The van der Waals surface area contributed by atoms with E-state index in [4.69, 9.17) is 11.6 Å². The standard InChI is InChI=1S/C14H13Br2ClN2/c1-18-14(3-9-2-12(16)8-19-7-9)10-4-11(15)6-13(17)5-10/h2,4-8,14,18H,3H2,1H3. The minimum absolute atomic E-state index is 0.200. The minimum atomic E-state index is 0.200. The van der Waals surface area contributed by atoms with Crippen LogP contribution in [-0.2, 0) is 6.42 Å². The fraction of sp³-hybridized carbons (Fsp3) is 0.214. The fourth-order valence-corrected chi connectivity index (χ4v) is 3.26. The topological polar surface area (TPSA) is 24.9 Å². The first-order valence-electron chi connectivity index (χ1n) is 5.81. The summed E-state index contributed by atoms with van der Waals surface area (Å²) in [7, 11) is 1.95. The van der Waals surface area contributed by atoms with Gasteiger partial charge in [0.25, 0.3) is 0 Å². The molecule has 0 amide bonds. The van der Waals surface area contributed by atoms with Gasteiger partial charge in [-0.15, -0.1) is 0 Å². The Kier molecular flexibility index (Phi) is 5.39. The van der Waals surface area contributed by atoms with Crippen molar-refractivity contribution in [3.05, 3.63) is 61.8 Å². The molecule has 100 valence electrons. The maximum atomic E-state index is 6.10. The molecule has 0 saturated heterocycles. The second kappa shape index (κ2) is 6.84. The Balaban J connectivity index is 2.24. The van der Waals surface area contributed by atoms with Gasteiger partial charge in [-0.1, -0.05) is 27.5 Å². The van der Waals surface area contributed by atoms with Crippen molar-refractivity contribution in [2.75, 3.05) is 7.05 Å². The molecule has 0 aliphatic carbocycles. The Hall–Kier alpha value is -0.420. The predicted molar refractivity (Wildman–Crippen MR) is 86.6 cm³/mol. The molecule has 0 aliphatic heterocycles. The van der Waals surface area contributed by atoms with Crippen molar-refractivity contribution in [2.24, 2.45) is 0 Å². The average molecular weight is 405 g/mol. The molecule has 2 nitrogen and oxygen atoms in total. The Labute approximate surface area is 134 Å². The van der Waals surface area contributed by atoms with Crippen LogP contribution >= 0.6 is 43.5 Å². The summed E-state index contributed by atoms with van der Waals surface area (Å²) in [5, 5.41) is 4.05. The van der Waals surface area contributed by atoms with Crippen molar-refractivity contribution in [3.63, 3.8) is 0 Å². The number of halogens is 3. The van der Waals surface area contributed by atoms with Crippen LogP contribution in [0.4, 0.5) is 0 Å². The Bertz CT molecular complexity index is 555. The Morgan fingerprint density at radius 1 is 1.16 bits per heavy atom. The van der Waals surface area contributed by atoms with Crippen LogP contribution in [0.15, 0.2) is 45.6 Å². The maximum Gasteiger partial charge on any atom is 0.0420 e. The first-order valence-corrected chi connectivity index (χ1v) is 7.77. The zero-order valence-electron chi connectivity index (χ0n) is 10.3. The van der Waals surface area contributed by atoms with Crippen molar-refractivity contribution < 1.29 is 0 Å². The number of pyridine rings is 1. The second-order valence-electron chi connectivity index (χ2n) is 4.26. The van der Waals surface area contributed by atoms with Crippen molar-refractivity contribution in [1.82, 2.24) is 10.3 Å². The van der Waals surface area contributed by atoms with Crippen LogP contribution in [0.2, 0.25) is 5.02 Å². The van der Waals surface area contributed by atoms with Crippen LogP contribution in [0.3, 0.4) is 0 Å². The normalized spacial score (nSPS) is 12.4. The summed E-state index contributed by atoms with van der Waals surface area (Å²) in [6, 6.07) is 8.23. The molecule has 0 saturated carbocycles. The van der Waals surface area contributed by atoms with Crippen LogP contribution in [0.1, 0.15) is 17.2 Å². The lowest BCUT2D eigenvalue weighted by Crippen LogP contribution is -2.19. The molecule has 0 bridgehead atoms. The molecule has 0 fully saturated rings. The third-order valence-corrected chi connectivity index (χ3v) is 3.95. The van der Waals surface area contributed by atoms with Gasteiger partial charge in [0.15, 0.2) is 0 Å². The molecule has 0 radical (unpaired) electrons. The lowest BCUT2D eigenvalue weighted by Gasteiger charge is -2.17. The summed E-state index contributed by atoms with van der Waals surface area (Å²) in [6.07, 6.45) is 4.53. The summed E-state index contributed by atoms with van der Waals surface area (Å²) in [5.41, 5.74) is 2.33. The number of likely N-dealkylation sites (N-methyl/N-ethyl adjacent to an activating group) is 1. The van der Waals surface area contributed by atoms with Crippen molar-refractivity contribution in [3.8, 4) is 0 Å². The van der Waals surface area contributed by atoms with Gasteiger partial charge in [0.05, 0.1) is 0 Å². The third kappa shape index (κ3) is 4.28. The van der Waals surface area contributed by atoms with Crippen LogP contribution in [-0.4, -0.2) is 12.0 Å². The quantitative estimate of drug-likeness (QED) is 0.795. The van der Waals surface area contributed by atoms with E-state index in [2.05, 4.69) is 54.3 Å². The molecule has 1 atom stereocenters. The lowest BCUT2D eigenvalue weighted by atomic mass is 10.0. The van der Waals surface area contributed by atoms with E-state index in [0.29, 0.717) is 0 Å². The van der Waals surface area contributed by atoms with E-state index in [1.165, 1.54) is 5.56 Å². The van der Waals surface area contributed by atoms with Gasteiger partial charge in [0.2, 0.25) is 0 Å². The van der Waals surface area contributed by atoms with Gasteiger partial charge in [-0.3, -0.25) is 4.98 Å².